The lowest BCUT2D eigenvalue weighted by atomic mass is 10.1. The van der Waals surface area contributed by atoms with Crippen LogP contribution in [0.2, 0.25) is 5.02 Å². The summed E-state index contributed by atoms with van der Waals surface area (Å²) in [5.74, 6) is 1.17. The van der Waals surface area contributed by atoms with Crippen LogP contribution in [0.15, 0.2) is 48.5 Å². The molecule has 0 spiro atoms. The lowest BCUT2D eigenvalue weighted by molar-refractivity contribution is -0.117. The first-order valence-electron chi connectivity index (χ1n) is 8.19. The molecule has 1 aliphatic heterocycles. The van der Waals surface area contributed by atoms with Gasteiger partial charge in [-0.25, -0.2) is 4.98 Å². The highest BCUT2D eigenvalue weighted by Crippen LogP contribution is 2.35. The van der Waals surface area contributed by atoms with Crippen LogP contribution in [-0.4, -0.2) is 22.0 Å². The van der Waals surface area contributed by atoms with E-state index in [4.69, 9.17) is 16.6 Å². The summed E-state index contributed by atoms with van der Waals surface area (Å²) in [5, 5.41) is 0.607. The van der Waals surface area contributed by atoms with E-state index in [9.17, 15) is 4.79 Å². The Morgan fingerprint density at radius 3 is 2.71 bits per heavy atom. The van der Waals surface area contributed by atoms with E-state index in [1.54, 1.807) is 4.90 Å². The zero-order valence-corrected chi connectivity index (χ0v) is 14.2. The van der Waals surface area contributed by atoms with E-state index in [2.05, 4.69) is 17.6 Å². The Labute approximate surface area is 145 Å². The summed E-state index contributed by atoms with van der Waals surface area (Å²) in [5.41, 5.74) is 2.89. The van der Waals surface area contributed by atoms with Crippen molar-refractivity contribution in [3.8, 4) is 0 Å². The molecule has 2 heterocycles. The maximum Gasteiger partial charge on any atom is 0.227 e. The van der Waals surface area contributed by atoms with Gasteiger partial charge in [-0.2, -0.15) is 0 Å². The van der Waals surface area contributed by atoms with E-state index in [0.717, 1.165) is 29.1 Å². The second kappa shape index (κ2) is 5.95. The molecule has 1 atom stereocenters. The average molecular weight is 340 g/mol. The van der Waals surface area contributed by atoms with Gasteiger partial charge in [-0.05, 0) is 31.2 Å². The molecule has 1 saturated heterocycles. The molecular formula is C19H18ClN3O. The van der Waals surface area contributed by atoms with Gasteiger partial charge in [0.05, 0.1) is 21.7 Å². The van der Waals surface area contributed by atoms with Crippen LogP contribution in [0.3, 0.4) is 0 Å². The molecule has 122 valence electrons. The number of benzene rings is 2. The van der Waals surface area contributed by atoms with Gasteiger partial charge in [0.25, 0.3) is 0 Å². The zero-order chi connectivity index (χ0) is 16.7. The number of halogens is 1. The molecule has 0 unspecified atom stereocenters. The van der Waals surface area contributed by atoms with Gasteiger partial charge in [-0.3, -0.25) is 4.79 Å². The van der Waals surface area contributed by atoms with Crippen LogP contribution in [0.25, 0.3) is 11.0 Å². The number of anilines is 1. The molecule has 0 radical (unpaired) electrons. The maximum absolute atomic E-state index is 12.6. The minimum atomic E-state index is 0.0844. The molecule has 4 nitrogen and oxygen atoms in total. The fourth-order valence-electron chi connectivity index (χ4n) is 3.52. The number of imidazole rings is 1. The Kier molecular flexibility index (Phi) is 3.77. The Morgan fingerprint density at radius 1 is 1.17 bits per heavy atom. The van der Waals surface area contributed by atoms with Crippen molar-refractivity contribution in [2.45, 2.75) is 25.8 Å². The van der Waals surface area contributed by atoms with E-state index in [1.165, 1.54) is 0 Å². The van der Waals surface area contributed by atoms with Crippen molar-refractivity contribution in [3.05, 3.63) is 59.4 Å². The molecule has 24 heavy (non-hydrogen) atoms. The van der Waals surface area contributed by atoms with Gasteiger partial charge in [0.15, 0.2) is 0 Å². The SMILES string of the molecule is CCn1c([C@H]2CC(=O)N(c3ccccc3Cl)C2)nc2ccccc21. The normalized spacial score (nSPS) is 17.8. The third kappa shape index (κ3) is 2.38. The first-order valence-corrected chi connectivity index (χ1v) is 8.57. The van der Waals surface area contributed by atoms with Crippen LogP contribution in [-0.2, 0) is 11.3 Å². The molecule has 2 aromatic carbocycles. The van der Waals surface area contributed by atoms with Crippen LogP contribution in [0.4, 0.5) is 5.69 Å². The fourth-order valence-corrected chi connectivity index (χ4v) is 3.76. The largest absolute Gasteiger partial charge is 0.328 e. The average Bonchev–Trinajstić information content (AvgIpc) is 3.15. The van der Waals surface area contributed by atoms with Crippen LogP contribution in [0, 0.1) is 0 Å². The number of amides is 1. The molecule has 1 fully saturated rings. The molecule has 1 aliphatic rings. The molecule has 4 rings (SSSR count). The Morgan fingerprint density at radius 2 is 1.92 bits per heavy atom. The fraction of sp³-hybridized carbons (Fsp3) is 0.263. The van der Waals surface area contributed by atoms with Crippen molar-refractivity contribution in [1.82, 2.24) is 9.55 Å². The van der Waals surface area contributed by atoms with E-state index < -0.39 is 0 Å². The van der Waals surface area contributed by atoms with E-state index in [-0.39, 0.29) is 11.8 Å². The highest BCUT2D eigenvalue weighted by Gasteiger charge is 2.35. The number of rotatable bonds is 3. The monoisotopic (exact) mass is 339 g/mol. The molecule has 1 aromatic heterocycles. The van der Waals surface area contributed by atoms with Crippen molar-refractivity contribution >= 4 is 34.2 Å². The molecular weight excluding hydrogens is 322 g/mol. The molecule has 0 N–H and O–H groups in total. The lowest BCUT2D eigenvalue weighted by Gasteiger charge is -2.18. The molecule has 5 heteroatoms. The number of para-hydroxylation sites is 3. The Bertz CT molecular complexity index is 918. The molecule has 0 aliphatic carbocycles. The summed E-state index contributed by atoms with van der Waals surface area (Å²) in [6.07, 6.45) is 0.467. The summed E-state index contributed by atoms with van der Waals surface area (Å²) >= 11 is 6.27. The summed E-state index contributed by atoms with van der Waals surface area (Å²) in [6, 6.07) is 15.6. The molecule has 1 amide bonds. The van der Waals surface area contributed by atoms with Crippen molar-refractivity contribution in [3.63, 3.8) is 0 Å². The lowest BCUT2D eigenvalue weighted by Crippen LogP contribution is -2.24. The number of fused-ring (bicyclic) bond motifs is 1. The standard InChI is InChI=1S/C19H18ClN3O/c1-2-22-17-10-6-4-8-15(17)21-19(22)13-11-18(24)23(12-13)16-9-5-3-7-14(16)20/h3-10,13H,2,11-12H2,1H3/t13-/m0/s1. The Balaban J connectivity index is 1.72. The van der Waals surface area contributed by atoms with Gasteiger partial charge in [-0.15, -0.1) is 0 Å². The van der Waals surface area contributed by atoms with Gasteiger partial charge < -0.3 is 9.47 Å². The number of hydrogen-bond donors (Lipinski definition) is 0. The Hall–Kier alpha value is -2.33. The van der Waals surface area contributed by atoms with Gasteiger partial charge >= 0.3 is 0 Å². The minimum Gasteiger partial charge on any atom is -0.328 e. The van der Waals surface area contributed by atoms with Crippen molar-refractivity contribution < 1.29 is 4.79 Å². The number of carbonyl (C=O) groups excluding carboxylic acids is 1. The zero-order valence-electron chi connectivity index (χ0n) is 13.4. The third-order valence-corrected chi connectivity index (χ3v) is 4.95. The van der Waals surface area contributed by atoms with Crippen LogP contribution < -0.4 is 4.90 Å². The number of aryl methyl sites for hydroxylation is 1. The summed E-state index contributed by atoms with van der Waals surface area (Å²) in [6.45, 7) is 3.57. The van der Waals surface area contributed by atoms with Crippen LogP contribution >= 0.6 is 11.6 Å². The minimum absolute atomic E-state index is 0.0844. The van der Waals surface area contributed by atoms with E-state index >= 15 is 0 Å². The quantitative estimate of drug-likeness (QED) is 0.716. The van der Waals surface area contributed by atoms with Gasteiger partial charge in [0, 0.05) is 25.4 Å². The highest BCUT2D eigenvalue weighted by molar-refractivity contribution is 6.33. The van der Waals surface area contributed by atoms with Crippen molar-refractivity contribution in [2.24, 2.45) is 0 Å². The van der Waals surface area contributed by atoms with Crippen LogP contribution in [0.5, 0.6) is 0 Å². The number of carbonyl (C=O) groups is 1. The number of nitrogens with zero attached hydrogens (tertiary/aromatic N) is 3. The number of hydrogen-bond acceptors (Lipinski definition) is 2. The number of aromatic nitrogens is 2. The third-order valence-electron chi connectivity index (χ3n) is 4.63. The molecule has 0 bridgehead atoms. The predicted molar refractivity (Wildman–Crippen MR) is 96.6 cm³/mol. The van der Waals surface area contributed by atoms with E-state index in [0.29, 0.717) is 18.0 Å². The first-order chi connectivity index (χ1) is 11.7. The van der Waals surface area contributed by atoms with E-state index in [1.807, 2.05) is 42.5 Å². The van der Waals surface area contributed by atoms with Crippen LogP contribution in [0.1, 0.15) is 25.1 Å². The summed E-state index contributed by atoms with van der Waals surface area (Å²) < 4.78 is 2.21. The molecule has 0 saturated carbocycles. The van der Waals surface area contributed by atoms with Gasteiger partial charge in [0.2, 0.25) is 5.91 Å². The van der Waals surface area contributed by atoms with Gasteiger partial charge in [0.1, 0.15) is 5.82 Å². The summed E-state index contributed by atoms with van der Waals surface area (Å²) in [4.78, 5) is 19.1. The van der Waals surface area contributed by atoms with Gasteiger partial charge in [-0.1, -0.05) is 35.9 Å². The first kappa shape index (κ1) is 15.2. The second-order valence-corrected chi connectivity index (χ2v) is 6.47. The summed E-state index contributed by atoms with van der Waals surface area (Å²) in [7, 11) is 0. The smallest absolute Gasteiger partial charge is 0.227 e. The maximum atomic E-state index is 12.6. The van der Waals surface area contributed by atoms with Crippen molar-refractivity contribution in [2.75, 3.05) is 11.4 Å². The molecule has 3 aromatic rings. The second-order valence-electron chi connectivity index (χ2n) is 6.06. The predicted octanol–water partition coefficient (Wildman–Crippen LogP) is 4.23. The van der Waals surface area contributed by atoms with Crippen molar-refractivity contribution in [1.29, 1.82) is 0 Å². The topological polar surface area (TPSA) is 38.1 Å². The highest BCUT2D eigenvalue weighted by atomic mass is 35.5.